The fourth-order valence-corrected chi connectivity index (χ4v) is 1.91. The number of hydrogen-bond donors (Lipinski definition) is 1. The molecule has 1 aromatic carbocycles. The smallest absolute Gasteiger partial charge is 0.335 e. The lowest BCUT2D eigenvalue weighted by Crippen LogP contribution is -2.16. The van der Waals surface area contributed by atoms with Gasteiger partial charge < -0.3 is 9.84 Å². The summed E-state index contributed by atoms with van der Waals surface area (Å²) in [5, 5.41) is 8.94. The summed E-state index contributed by atoms with van der Waals surface area (Å²) in [5.41, 5.74) is 1.95. The maximum atomic E-state index is 10.9. The van der Waals surface area contributed by atoms with Crippen LogP contribution in [0.25, 0.3) is 5.57 Å². The van der Waals surface area contributed by atoms with Gasteiger partial charge in [-0.2, -0.15) is 0 Å². The molecular weight excluding hydrogens is 260 g/mol. The number of allylic oxidation sites excluding steroid dienone is 1. The largest absolute Gasteiger partial charge is 0.488 e. The minimum Gasteiger partial charge on any atom is -0.488 e. The third-order valence-electron chi connectivity index (χ3n) is 2.43. The average molecular weight is 269 g/mol. The lowest BCUT2D eigenvalue weighted by atomic mass is 9.99. The highest BCUT2D eigenvalue weighted by atomic mass is 79.9. The lowest BCUT2D eigenvalue weighted by Gasteiger charge is -2.20. The molecule has 3 nitrogen and oxygen atoms in total. The molecule has 2 rings (SSSR count). The van der Waals surface area contributed by atoms with Crippen LogP contribution in [-0.4, -0.2) is 17.7 Å². The van der Waals surface area contributed by atoms with Gasteiger partial charge in [0.1, 0.15) is 12.4 Å². The van der Waals surface area contributed by atoms with Gasteiger partial charge in [0, 0.05) is 10.0 Å². The van der Waals surface area contributed by atoms with Gasteiger partial charge in [-0.25, -0.2) is 4.79 Å². The van der Waals surface area contributed by atoms with Gasteiger partial charge in [-0.05, 0) is 30.7 Å². The second-order valence-electron chi connectivity index (χ2n) is 3.34. The quantitative estimate of drug-likeness (QED) is 0.852. The standard InChI is InChI=1S/C11H9BrO3/c1-6-8-3-2-7(12)4-10(8)15-5-9(6)11(13)14/h2-4H,5H2,1H3,(H,13,14). The van der Waals surface area contributed by atoms with Crippen LogP contribution in [0.4, 0.5) is 0 Å². The second kappa shape index (κ2) is 3.70. The Balaban J connectivity index is 2.57. The van der Waals surface area contributed by atoms with Crippen LogP contribution in [0, 0.1) is 0 Å². The molecule has 0 spiro atoms. The molecule has 0 bridgehead atoms. The van der Waals surface area contributed by atoms with E-state index in [1.165, 1.54) is 0 Å². The summed E-state index contributed by atoms with van der Waals surface area (Å²) in [6.07, 6.45) is 0. The molecule has 4 heteroatoms. The van der Waals surface area contributed by atoms with Crippen molar-refractivity contribution in [3.63, 3.8) is 0 Å². The van der Waals surface area contributed by atoms with Gasteiger partial charge in [0.05, 0.1) is 5.57 Å². The molecule has 1 aliphatic heterocycles. The van der Waals surface area contributed by atoms with Crippen molar-refractivity contribution in [1.29, 1.82) is 0 Å². The zero-order chi connectivity index (χ0) is 11.0. The van der Waals surface area contributed by atoms with Gasteiger partial charge in [-0.3, -0.25) is 0 Å². The van der Waals surface area contributed by atoms with E-state index in [1.807, 2.05) is 18.2 Å². The van der Waals surface area contributed by atoms with Crippen molar-refractivity contribution in [3.8, 4) is 5.75 Å². The van der Waals surface area contributed by atoms with Crippen LogP contribution in [0.15, 0.2) is 28.2 Å². The van der Waals surface area contributed by atoms with Crippen molar-refractivity contribution >= 4 is 27.5 Å². The number of aliphatic carboxylic acids is 1. The van der Waals surface area contributed by atoms with Crippen molar-refractivity contribution < 1.29 is 14.6 Å². The number of fused-ring (bicyclic) bond motifs is 1. The van der Waals surface area contributed by atoms with E-state index < -0.39 is 5.97 Å². The first-order valence-corrected chi connectivity index (χ1v) is 5.24. The van der Waals surface area contributed by atoms with Gasteiger partial charge in [0.15, 0.2) is 0 Å². The Morgan fingerprint density at radius 3 is 2.93 bits per heavy atom. The van der Waals surface area contributed by atoms with Crippen LogP contribution in [0.5, 0.6) is 5.75 Å². The van der Waals surface area contributed by atoms with Gasteiger partial charge in [-0.15, -0.1) is 0 Å². The second-order valence-corrected chi connectivity index (χ2v) is 4.25. The number of carboxylic acids is 1. The maximum absolute atomic E-state index is 10.9. The zero-order valence-electron chi connectivity index (χ0n) is 8.08. The Hall–Kier alpha value is -1.29. The van der Waals surface area contributed by atoms with Gasteiger partial charge in [0.25, 0.3) is 0 Å². The molecule has 0 aliphatic carbocycles. The van der Waals surface area contributed by atoms with Gasteiger partial charge >= 0.3 is 5.97 Å². The fourth-order valence-electron chi connectivity index (χ4n) is 1.57. The molecule has 1 heterocycles. The van der Waals surface area contributed by atoms with Crippen molar-refractivity contribution in [2.75, 3.05) is 6.61 Å². The summed E-state index contributed by atoms with van der Waals surface area (Å²) in [7, 11) is 0. The molecule has 0 aromatic heterocycles. The topological polar surface area (TPSA) is 46.5 Å². The highest BCUT2D eigenvalue weighted by Gasteiger charge is 2.21. The molecule has 0 atom stereocenters. The molecular formula is C11H9BrO3. The predicted octanol–water partition coefficient (Wildman–Crippen LogP) is 2.70. The lowest BCUT2D eigenvalue weighted by molar-refractivity contribution is -0.133. The molecule has 78 valence electrons. The molecule has 1 N–H and O–H groups in total. The number of benzene rings is 1. The highest BCUT2D eigenvalue weighted by molar-refractivity contribution is 9.10. The van der Waals surface area contributed by atoms with Crippen LogP contribution in [0.1, 0.15) is 12.5 Å². The Morgan fingerprint density at radius 1 is 1.53 bits per heavy atom. The van der Waals surface area contributed by atoms with E-state index >= 15 is 0 Å². The molecule has 0 saturated heterocycles. The summed E-state index contributed by atoms with van der Waals surface area (Å²) in [6.45, 7) is 1.93. The minimum atomic E-state index is -0.916. The Labute approximate surface area is 95.5 Å². The summed E-state index contributed by atoms with van der Waals surface area (Å²) in [5.74, 6) is -0.187. The number of carboxylic acid groups (broad SMARTS) is 1. The molecule has 1 aliphatic rings. The van der Waals surface area contributed by atoms with Crippen LogP contribution in [0.3, 0.4) is 0 Å². The van der Waals surface area contributed by atoms with Crippen molar-refractivity contribution in [2.45, 2.75) is 6.92 Å². The molecule has 0 unspecified atom stereocenters. The molecule has 0 saturated carbocycles. The van der Waals surface area contributed by atoms with E-state index in [0.29, 0.717) is 5.57 Å². The number of halogens is 1. The number of ether oxygens (including phenoxy) is 1. The molecule has 0 fully saturated rings. The van der Waals surface area contributed by atoms with Crippen molar-refractivity contribution in [2.24, 2.45) is 0 Å². The monoisotopic (exact) mass is 268 g/mol. The van der Waals surface area contributed by atoms with Gasteiger partial charge in [0.2, 0.25) is 0 Å². The normalized spacial score (nSPS) is 14.5. The molecule has 15 heavy (non-hydrogen) atoms. The summed E-state index contributed by atoms with van der Waals surface area (Å²) in [6, 6.07) is 5.57. The van der Waals surface area contributed by atoms with Crippen LogP contribution >= 0.6 is 15.9 Å². The van der Waals surface area contributed by atoms with E-state index in [1.54, 1.807) is 6.92 Å². The Morgan fingerprint density at radius 2 is 2.27 bits per heavy atom. The Bertz CT molecular complexity index is 463. The number of rotatable bonds is 1. The number of carbonyl (C=O) groups is 1. The van der Waals surface area contributed by atoms with Crippen LogP contribution in [-0.2, 0) is 4.79 Å². The van der Waals surface area contributed by atoms with Crippen LogP contribution in [0.2, 0.25) is 0 Å². The maximum Gasteiger partial charge on any atom is 0.335 e. The summed E-state index contributed by atoms with van der Waals surface area (Å²) < 4.78 is 6.30. The van der Waals surface area contributed by atoms with Crippen molar-refractivity contribution in [1.82, 2.24) is 0 Å². The van der Waals surface area contributed by atoms with E-state index in [4.69, 9.17) is 9.84 Å². The first kappa shape index (κ1) is 10.2. The SMILES string of the molecule is CC1=C(C(=O)O)COc2cc(Br)ccc21. The molecule has 0 amide bonds. The third kappa shape index (κ3) is 1.77. The zero-order valence-corrected chi connectivity index (χ0v) is 9.67. The average Bonchev–Trinajstić information content (AvgIpc) is 2.17. The third-order valence-corrected chi connectivity index (χ3v) is 2.92. The fraction of sp³-hybridized carbons (Fsp3) is 0.182. The Kier molecular flexibility index (Phi) is 2.52. The first-order chi connectivity index (χ1) is 7.09. The van der Waals surface area contributed by atoms with Gasteiger partial charge in [-0.1, -0.05) is 15.9 Å². The molecule has 1 aromatic rings. The van der Waals surface area contributed by atoms with E-state index in [2.05, 4.69) is 15.9 Å². The molecule has 0 radical (unpaired) electrons. The van der Waals surface area contributed by atoms with Crippen molar-refractivity contribution in [3.05, 3.63) is 33.8 Å². The predicted molar refractivity (Wildman–Crippen MR) is 59.9 cm³/mol. The van der Waals surface area contributed by atoms with E-state index in [9.17, 15) is 4.79 Å². The minimum absolute atomic E-state index is 0.130. The summed E-state index contributed by atoms with van der Waals surface area (Å²) >= 11 is 3.34. The summed E-state index contributed by atoms with van der Waals surface area (Å²) in [4.78, 5) is 10.9. The highest BCUT2D eigenvalue weighted by Crippen LogP contribution is 2.34. The first-order valence-electron chi connectivity index (χ1n) is 4.45. The van der Waals surface area contributed by atoms with E-state index in [-0.39, 0.29) is 6.61 Å². The van der Waals surface area contributed by atoms with Crippen LogP contribution < -0.4 is 4.74 Å². The number of hydrogen-bond acceptors (Lipinski definition) is 2. The van der Waals surface area contributed by atoms with E-state index in [0.717, 1.165) is 21.4 Å².